The molecule has 0 aromatic heterocycles. The summed E-state index contributed by atoms with van der Waals surface area (Å²) in [5.41, 5.74) is 5.64. The van der Waals surface area contributed by atoms with Crippen molar-refractivity contribution < 1.29 is 0 Å². The Balaban J connectivity index is 1.68. The Labute approximate surface area is 109 Å². The van der Waals surface area contributed by atoms with Crippen LogP contribution in [0.5, 0.6) is 0 Å². The maximum atomic E-state index is 3.64. The van der Waals surface area contributed by atoms with Crippen molar-refractivity contribution in [1.82, 2.24) is 0 Å². The molecule has 0 bridgehead atoms. The minimum absolute atomic E-state index is 0.551. The zero-order valence-electron chi connectivity index (χ0n) is 10.8. The summed E-state index contributed by atoms with van der Waals surface area (Å²) in [5, 5.41) is 3.64. The van der Waals surface area contributed by atoms with Crippen LogP contribution in [0.4, 0.5) is 5.69 Å². The van der Waals surface area contributed by atoms with Crippen molar-refractivity contribution in [3.8, 4) is 0 Å². The molecule has 0 saturated carbocycles. The van der Waals surface area contributed by atoms with Gasteiger partial charge in [0.15, 0.2) is 0 Å². The van der Waals surface area contributed by atoms with E-state index in [1.54, 1.807) is 0 Å². The van der Waals surface area contributed by atoms with Gasteiger partial charge < -0.3 is 5.32 Å². The van der Waals surface area contributed by atoms with E-state index < -0.39 is 0 Å². The summed E-state index contributed by atoms with van der Waals surface area (Å²) in [4.78, 5) is 0. The Bertz CT molecular complexity index is 503. The molecule has 1 nitrogen and oxygen atoms in total. The minimum atomic E-state index is 0.551. The van der Waals surface area contributed by atoms with Crippen LogP contribution in [-0.4, -0.2) is 6.04 Å². The van der Waals surface area contributed by atoms with Gasteiger partial charge in [-0.25, -0.2) is 0 Å². The second-order valence-electron chi connectivity index (χ2n) is 5.07. The number of benzene rings is 2. The predicted molar refractivity (Wildman–Crippen MR) is 77.1 cm³/mol. The van der Waals surface area contributed by atoms with Crippen LogP contribution in [-0.2, 0) is 19.3 Å². The van der Waals surface area contributed by atoms with E-state index in [2.05, 4.69) is 60.8 Å². The maximum Gasteiger partial charge on any atom is 0.0342 e. The molecular weight excluding hydrogens is 218 g/mol. The number of hydrogen-bond donors (Lipinski definition) is 1. The number of nitrogens with one attached hydrogen (secondary N) is 1. The minimum Gasteiger partial charge on any atom is -0.382 e. The zero-order chi connectivity index (χ0) is 12.4. The van der Waals surface area contributed by atoms with Crippen molar-refractivity contribution in [3.05, 3.63) is 65.2 Å². The third-order valence-electron chi connectivity index (χ3n) is 3.78. The highest BCUT2D eigenvalue weighted by Crippen LogP contribution is 2.24. The van der Waals surface area contributed by atoms with Gasteiger partial charge in [0.25, 0.3) is 0 Å². The Hall–Kier alpha value is -1.76. The lowest BCUT2D eigenvalue weighted by Crippen LogP contribution is -2.19. The molecule has 0 atom stereocenters. The normalized spacial score (nSPS) is 14.5. The fraction of sp³-hybridized carbons (Fsp3) is 0.294. The van der Waals surface area contributed by atoms with E-state index in [9.17, 15) is 0 Å². The van der Waals surface area contributed by atoms with Crippen LogP contribution in [0.3, 0.4) is 0 Å². The molecule has 18 heavy (non-hydrogen) atoms. The van der Waals surface area contributed by atoms with Gasteiger partial charge in [-0.1, -0.05) is 43.3 Å². The molecule has 3 rings (SSSR count). The van der Waals surface area contributed by atoms with Gasteiger partial charge >= 0.3 is 0 Å². The second kappa shape index (κ2) is 4.85. The highest BCUT2D eigenvalue weighted by atomic mass is 14.9. The third-order valence-corrected chi connectivity index (χ3v) is 3.78. The van der Waals surface area contributed by atoms with Gasteiger partial charge in [-0.15, -0.1) is 0 Å². The lowest BCUT2D eigenvalue weighted by molar-refractivity contribution is 0.774. The van der Waals surface area contributed by atoms with Crippen molar-refractivity contribution in [1.29, 1.82) is 0 Å². The molecule has 2 aromatic rings. The Morgan fingerprint density at radius 3 is 2.11 bits per heavy atom. The van der Waals surface area contributed by atoms with Gasteiger partial charge in [0, 0.05) is 11.7 Å². The number of fused-ring (bicyclic) bond motifs is 1. The van der Waals surface area contributed by atoms with Gasteiger partial charge in [0.05, 0.1) is 0 Å². The molecule has 2 aromatic carbocycles. The van der Waals surface area contributed by atoms with Gasteiger partial charge in [-0.05, 0) is 48.1 Å². The van der Waals surface area contributed by atoms with Crippen molar-refractivity contribution in [2.24, 2.45) is 0 Å². The average Bonchev–Trinajstić information content (AvgIpc) is 2.82. The molecule has 1 aliphatic carbocycles. The van der Waals surface area contributed by atoms with E-state index >= 15 is 0 Å². The molecule has 0 aliphatic heterocycles. The zero-order valence-corrected chi connectivity index (χ0v) is 10.8. The van der Waals surface area contributed by atoms with Crippen LogP contribution in [0.2, 0.25) is 0 Å². The fourth-order valence-corrected chi connectivity index (χ4v) is 2.73. The first-order valence-electron chi connectivity index (χ1n) is 6.77. The van der Waals surface area contributed by atoms with E-state index in [-0.39, 0.29) is 0 Å². The number of hydrogen-bond acceptors (Lipinski definition) is 1. The van der Waals surface area contributed by atoms with E-state index in [0.717, 1.165) is 19.3 Å². The summed E-state index contributed by atoms with van der Waals surface area (Å²) in [7, 11) is 0. The highest BCUT2D eigenvalue weighted by Gasteiger charge is 2.20. The maximum absolute atomic E-state index is 3.64. The first-order valence-corrected chi connectivity index (χ1v) is 6.77. The van der Waals surface area contributed by atoms with Crippen molar-refractivity contribution in [2.75, 3.05) is 5.32 Å². The van der Waals surface area contributed by atoms with Crippen molar-refractivity contribution >= 4 is 5.69 Å². The summed E-state index contributed by atoms with van der Waals surface area (Å²) in [6.45, 7) is 2.19. The standard InChI is InChI=1S/C17H19N/c1-2-13-7-9-16(10-8-13)18-17-11-14-5-3-4-6-15(14)12-17/h3-10,17-18H,2,11-12H2,1H3. The summed E-state index contributed by atoms with van der Waals surface area (Å²) in [6, 6.07) is 18.1. The van der Waals surface area contributed by atoms with E-state index in [0.29, 0.717) is 6.04 Å². The summed E-state index contributed by atoms with van der Waals surface area (Å²) >= 11 is 0. The lowest BCUT2D eigenvalue weighted by atomic mass is 10.1. The second-order valence-corrected chi connectivity index (χ2v) is 5.07. The Kier molecular flexibility index (Phi) is 3.06. The molecular formula is C17H19N. The first kappa shape index (κ1) is 11.3. The molecule has 1 N–H and O–H groups in total. The van der Waals surface area contributed by atoms with Gasteiger partial charge in [-0.3, -0.25) is 0 Å². The molecule has 1 aliphatic rings. The van der Waals surface area contributed by atoms with Gasteiger partial charge in [-0.2, -0.15) is 0 Å². The summed E-state index contributed by atoms with van der Waals surface area (Å²) in [6.07, 6.45) is 3.40. The Morgan fingerprint density at radius 2 is 1.56 bits per heavy atom. The lowest BCUT2D eigenvalue weighted by Gasteiger charge is -2.13. The average molecular weight is 237 g/mol. The van der Waals surface area contributed by atoms with Crippen molar-refractivity contribution in [3.63, 3.8) is 0 Å². The predicted octanol–water partition coefficient (Wildman–Crippen LogP) is 3.83. The third kappa shape index (κ3) is 2.26. The summed E-state index contributed by atoms with van der Waals surface area (Å²) in [5.74, 6) is 0. The molecule has 0 saturated heterocycles. The molecule has 1 heteroatoms. The van der Waals surface area contributed by atoms with E-state index in [4.69, 9.17) is 0 Å². The largest absolute Gasteiger partial charge is 0.382 e. The SMILES string of the molecule is CCc1ccc(NC2Cc3ccccc3C2)cc1. The summed E-state index contributed by atoms with van der Waals surface area (Å²) < 4.78 is 0. The molecule has 92 valence electrons. The smallest absolute Gasteiger partial charge is 0.0342 e. The van der Waals surface area contributed by atoms with Gasteiger partial charge in [0.2, 0.25) is 0 Å². The van der Waals surface area contributed by atoms with E-state index in [1.807, 2.05) is 0 Å². The molecule has 0 amide bonds. The molecule has 0 fully saturated rings. The molecule has 0 radical (unpaired) electrons. The van der Waals surface area contributed by atoms with Crippen LogP contribution in [0.25, 0.3) is 0 Å². The fourth-order valence-electron chi connectivity index (χ4n) is 2.73. The van der Waals surface area contributed by atoms with Crippen LogP contribution in [0.15, 0.2) is 48.5 Å². The topological polar surface area (TPSA) is 12.0 Å². The van der Waals surface area contributed by atoms with Crippen LogP contribution in [0, 0.1) is 0 Å². The number of anilines is 1. The molecule has 0 heterocycles. The van der Waals surface area contributed by atoms with E-state index in [1.165, 1.54) is 22.4 Å². The molecule has 0 unspecified atom stereocenters. The quantitative estimate of drug-likeness (QED) is 0.855. The van der Waals surface area contributed by atoms with Crippen LogP contribution >= 0.6 is 0 Å². The number of rotatable bonds is 3. The first-order chi connectivity index (χ1) is 8.85. The monoisotopic (exact) mass is 237 g/mol. The van der Waals surface area contributed by atoms with Crippen LogP contribution in [0.1, 0.15) is 23.6 Å². The number of aryl methyl sites for hydroxylation is 1. The van der Waals surface area contributed by atoms with Gasteiger partial charge in [0.1, 0.15) is 0 Å². The Morgan fingerprint density at radius 1 is 0.944 bits per heavy atom. The molecule has 0 spiro atoms. The van der Waals surface area contributed by atoms with Crippen molar-refractivity contribution in [2.45, 2.75) is 32.2 Å². The van der Waals surface area contributed by atoms with Crippen LogP contribution < -0.4 is 5.32 Å². The highest BCUT2D eigenvalue weighted by molar-refractivity contribution is 5.47.